The number of para-hydroxylation sites is 1. The lowest BCUT2D eigenvalue weighted by Gasteiger charge is -2.26. The van der Waals surface area contributed by atoms with Gasteiger partial charge in [0.1, 0.15) is 12.4 Å². The number of rotatable bonds is 6. The van der Waals surface area contributed by atoms with Crippen LogP contribution in [0.5, 0.6) is 5.75 Å². The summed E-state index contributed by atoms with van der Waals surface area (Å²) >= 11 is 0. The molecule has 1 fully saturated rings. The Kier molecular flexibility index (Phi) is 3.69. The Morgan fingerprint density at radius 2 is 2.00 bits per heavy atom. The van der Waals surface area contributed by atoms with E-state index in [1.807, 2.05) is 31.2 Å². The van der Waals surface area contributed by atoms with Crippen molar-refractivity contribution in [2.75, 3.05) is 20.3 Å². The average Bonchev–Trinajstić information content (AvgIpc) is 3.14. The second kappa shape index (κ2) is 5.07. The van der Waals surface area contributed by atoms with Gasteiger partial charge in [0.2, 0.25) is 0 Å². The van der Waals surface area contributed by atoms with Crippen LogP contribution in [0.25, 0.3) is 0 Å². The molecule has 0 bridgehead atoms. The third-order valence-electron chi connectivity index (χ3n) is 3.35. The van der Waals surface area contributed by atoms with Crippen molar-refractivity contribution in [2.24, 2.45) is 5.92 Å². The molecule has 1 unspecified atom stereocenters. The van der Waals surface area contributed by atoms with Crippen molar-refractivity contribution in [2.45, 2.75) is 25.4 Å². The largest absolute Gasteiger partial charge is 0.491 e. The number of ether oxygens (including phenoxy) is 2. The standard InChI is InChI=1S/C14H20O3/c1-14(15,11-7-8-11)12-5-3-4-6-13(12)17-10-9-16-2/h3-6,11,15H,7-10H2,1-2H3. The van der Waals surface area contributed by atoms with Crippen LogP contribution in [0.1, 0.15) is 25.3 Å². The smallest absolute Gasteiger partial charge is 0.125 e. The maximum absolute atomic E-state index is 10.6. The van der Waals surface area contributed by atoms with E-state index < -0.39 is 5.60 Å². The molecule has 1 aromatic carbocycles. The van der Waals surface area contributed by atoms with E-state index in [0.717, 1.165) is 24.2 Å². The molecule has 1 saturated carbocycles. The first-order valence-electron chi connectivity index (χ1n) is 6.10. The van der Waals surface area contributed by atoms with Crippen molar-refractivity contribution >= 4 is 0 Å². The Morgan fingerprint density at radius 3 is 2.65 bits per heavy atom. The predicted octanol–water partition coefficient (Wildman–Crippen LogP) is 2.33. The van der Waals surface area contributed by atoms with Gasteiger partial charge in [0.25, 0.3) is 0 Å². The second-order valence-corrected chi connectivity index (χ2v) is 4.76. The molecule has 2 rings (SSSR count). The molecular formula is C14H20O3. The highest BCUT2D eigenvalue weighted by atomic mass is 16.5. The highest BCUT2D eigenvalue weighted by molar-refractivity contribution is 5.38. The quantitative estimate of drug-likeness (QED) is 0.770. The highest BCUT2D eigenvalue weighted by Gasteiger charge is 2.42. The molecule has 1 aliphatic rings. The van der Waals surface area contributed by atoms with Crippen LogP contribution >= 0.6 is 0 Å². The maximum atomic E-state index is 10.6. The van der Waals surface area contributed by atoms with Gasteiger partial charge in [0.05, 0.1) is 12.2 Å². The van der Waals surface area contributed by atoms with E-state index in [0.29, 0.717) is 19.1 Å². The van der Waals surface area contributed by atoms with Crippen molar-refractivity contribution < 1.29 is 14.6 Å². The Labute approximate surface area is 102 Å². The third-order valence-corrected chi connectivity index (χ3v) is 3.35. The van der Waals surface area contributed by atoms with Gasteiger partial charge in [-0.25, -0.2) is 0 Å². The van der Waals surface area contributed by atoms with Crippen molar-refractivity contribution in [3.63, 3.8) is 0 Å². The normalized spacial score (nSPS) is 18.8. The maximum Gasteiger partial charge on any atom is 0.125 e. The number of benzene rings is 1. The summed E-state index contributed by atoms with van der Waals surface area (Å²) in [5.41, 5.74) is 0.113. The molecule has 0 amide bonds. The first-order valence-corrected chi connectivity index (χ1v) is 6.10. The predicted molar refractivity (Wildman–Crippen MR) is 66.1 cm³/mol. The Hall–Kier alpha value is -1.06. The van der Waals surface area contributed by atoms with E-state index in [-0.39, 0.29) is 0 Å². The third kappa shape index (κ3) is 2.79. The molecule has 17 heavy (non-hydrogen) atoms. The lowest BCUT2D eigenvalue weighted by Crippen LogP contribution is -2.25. The average molecular weight is 236 g/mol. The molecule has 3 nitrogen and oxygen atoms in total. The molecule has 0 aromatic heterocycles. The molecule has 1 atom stereocenters. The fourth-order valence-electron chi connectivity index (χ4n) is 2.11. The van der Waals surface area contributed by atoms with E-state index >= 15 is 0 Å². The van der Waals surface area contributed by atoms with Gasteiger partial charge in [-0.2, -0.15) is 0 Å². The molecular weight excluding hydrogens is 216 g/mol. The van der Waals surface area contributed by atoms with Crippen LogP contribution in [-0.4, -0.2) is 25.4 Å². The first-order chi connectivity index (χ1) is 8.16. The molecule has 3 heteroatoms. The van der Waals surface area contributed by atoms with Gasteiger partial charge in [-0.15, -0.1) is 0 Å². The number of methoxy groups -OCH3 is 1. The summed E-state index contributed by atoms with van der Waals surface area (Å²) in [6, 6.07) is 7.71. The van der Waals surface area contributed by atoms with Gasteiger partial charge in [-0.05, 0) is 31.7 Å². The van der Waals surface area contributed by atoms with Crippen LogP contribution in [0.4, 0.5) is 0 Å². The zero-order valence-electron chi connectivity index (χ0n) is 10.5. The van der Waals surface area contributed by atoms with Gasteiger partial charge in [-0.1, -0.05) is 18.2 Å². The fourth-order valence-corrected chi connectivity index (χ4v) is 2.11. The number of aliphatic hydroxyl groups is 1. The minimum atomic E-state index is -0.774. The van der Waals surface area contributed by atoms with E-state index in [1.54, 1.807) is 7.11 Å². The van der Waals surface area contributed by atoms with E-state index in [2.05, 4.69) is 0 Å². The first kappa shape index (κ1) is 12.4. The highest BCUT2D eigenvalue weighted by Crippen LogP contribution is 2.47. The van der Waals surface area contributed by atoms with Gasteiger partial charge in [-0.3, -0.25) is 0 Å². The molecule has 0 saturated heterocycles. The van der Waals surface area contributed by atoms with E-state index in [4.69, 9.17) is 9.47 Å². The molecule has 1 N–H and O–H groups in total. The summed E-state index contributed by atoms with van der Waals surface area (Å²) in [7, 11) is 1.65. The topological polar surface area (TPSA) is 38.7 Å². The van der Waals surface area contributed by atoms with Crippen molar-refractivity contribution in [3.05, 3.63) is 29.8 Å². The zero-order chi connectivity index (χ0) is 12.3. The van der Waals surface area contributed by atoms with Crippen LogP contribution in [0, 0.1) is 5.92 Å². The summed E-state index contributed by atoms with van der Waals surface area (Å²) in [5.74, 6) is 1.14. The van der Waals surface area contributed by atoms with Crippen LogP contribution in [-0.2, 0) is 10.3 Å². The van der Waals surface area contributed by atoms with Crippen LogP contribution in [0.15, 0.2) is 24.3 Å². The Bertz CT molecular complexity index is 369. The number of hydrogen-bond donors (Lipinski definition) is 1. The number of hydrogen-bond acceptors (Lipinski definition) is 3. The monoisotopic (exact) mass is 236 g/mol. The van der Waals surface area contributed by atoms with Gasteiger partial charge in [0, 0.05) is 12.7 Å². The summed E-state index contributed by atoms with van der Waals surface area (Å²) < 4.78 is 10.6. The van der Waals surface area contributed by atoms with Crippen LogP contribution in [0.2, 0.25) is 0 Å². The molecule has 1 aromatic rings. The van der Waals surface area contributed by atoms with Crippen LogP contribution in [0.3, 0.4) is 0 Å². The molecule has 1 aliphatic carbocycles. The zero-order valence-corrected chi connectivity index (χ0v) is 10.5. The summed E-state index contributed by atoms with van der Waals surface area (Å²) in [6.45, 7) is 2.94. The fraction of sp³-hybridized carbons (Fsp3) is 0.571. The summed E-state index contributed by atoms with van der Waals surface area (Å²) in [4.78, 5) is 0. The lowest BCUT2D eigenvalue weighted by atomic mass is 9.90. The molecule has 0 aliphatic heterocycles. The second-order valence-electron chi connectivity index (χ2n) is 4.76. The van der Waals surface area contributed by atoms with Crippen molar-refractivity contribution in [1.29, 1.82) is 0 Å². The minimum absolute atomic E-state index is 0.370. The molecule has 0 radical (unpaired) electrons. The molecule has 0 spiro atoms. The van der Waals surface area contributed by atoms with Gasteiger partial charge >= 0.3 is 0 Å². The van der Waals surface area contributed by atoms with E-state index in [9.17, 15) is 5.11 Å². The molecule has 0 heterocycles. The van der Waals surface area contributed by atoms with Crippen molar-refractivity contribution in [3.8, 4) is 5.75 Å². The minimum Gasteiger partial charge on any atom is -0.491 e. The van der Waals surface area contributed by atoms with E-state index in [1.165, 1.54) is 0 Å². The van der Waals surface area contributed by atoms with Gasteiger partial charge < -0.3 is 14.6 Å². The summed E-state index contributed by atoms with van der Waals surface area (Å²) in [6.07, 6.45) is 2.19. The summed E-state index contributed by atoms with van der Waals surface area (Å²) in [5, 5.41) is 10.6. The lowest BCUT2D eigenvalue weighted by molar-refractivity contribution is 0.0292. The van der Waals surface area contributed by atoms with Gasteiger partial charge in [0.15, 0.2) is 0 Å². The van der Waals surface area contributed by atoms with Crippen molar-refractivity contribution in [1.82, 2.24) is 0 Å². The van der Waals surface area contributed by atoms with Crippen LogP contribution < -0.4 is 4.74 Å². The Balaban J connectivity index is 2.15. The Morgan fingerprint density at radius 1 is 1.29 bits per heavy atom. The SMILES string of the molecule is COCCOc1ccccc1C(C)(O)C1CC1. The molecule has 94 valence electrons.